The third-order valence-electron chi connectivity index (χ3n) is 10.5. The fraction of sp³-hybridized carbons (Fsp3) is 0.571. The summed E-state index contributed by atoms with van der Waals surface area (Å²) < 4.78 is 74.5. The molecule has 0 spiro atoms. The second kappa shape index (κ2) is 14.5. The molecule has 0 bridgehead atoms. The van der Waals surface area contributed by atoms with Crippen molar-refractivity contribution in [2.24, 2.45) is 23.2 Å². The number of amides is 2. The Bertz CT molecular complexity index is 2050. The lowest BCUT2D eigenvalue weighted by Crippen LogP contribution is -2.46. The molecular formula is C35H39F3N6O6S3. The van der Waals surface area contributed by atoms with Gasteiger partial charge in [0.2, 0.25) is 27.7 Å². The topological polar surface area (TPSA) is 161 Å². The molecule has 53 heavy (non-hydrogen) atoms. The van der Waals surface area contributed by atoms with Crippen LogP contribution in [0.3, 0.4) is 0 Å². The Labute approximate surface area is 312 Å². The lowest BCUT2D eigenvalue weighted by atomic mass is 9.72. The van der Waals surface area contributed by atoms with Gasteiger partial charge in [-0.1, -0.05) is 12.2 Å². The molecule has 2 amide bonds. The van der Waals surface area contributed by atoms with Gasteiger partial charge in [-0.2, -0.15) is 18.2 Å². The van der Waals surface area contributed by atoms with E-state index in [1.54, 1.807) is 24.9 Å². The minimum absolute atomic E-state index is 0.0513. The number of alkyl halides is 3. The number of nitrogens with zero attached hydrogens (tertiary/aromatic N) is 5. The van der Waals surface area contributed by atoms with Crippen LogP contribution >= 0.6 is 22.7 Å². The Morgan fingerprint density at radius 2 is 1.79 bits per heavy atom. The number of hydrogen-bond acceptors (Lipinski definition) is 12. The first kappa shape index (κ1) is 37.5. The molecule has 7 rings (SSSR count). The number of carbonyl (C=O) groups is 3. The monoisotopic (exact) mass is 792 g/mol. The fourth-order valence-electron chi connectivity index (χ4n) is 7.26. The largest absolute Gasteiger partial charge is 0.474 e. The number of ketones is 1. The third-order valence-corrected chi connectivity index (χ3v) is 14.1. The molecule has 3 aromatic heterocycles. The molecule has 1 N–H and O–H groups in total. The van der Waals surface area contributed by atoms with Gasteiger partial charge in [-0.15, -0.1) is 22.7 Å². The second-order valence-corrected chi connectivity index (χ2v) is 18.2. The van der Waals surface area contributed by atoms with Crippen LogP contribution in [0.5, 0.6) is 5.88 Å². The van der Waals surface area contributed by atoms with Crippen molar-refractivity contribution in [3.05, 3.63) is 40.4 Å². The standard InChI is InChI=1S/C35H39F3N6O6S3/c1-19-17-51-30(39-19)25-14-28(42-29(40-25)31-41-27(18-52-31)35(36,37)38)50-21-8-11-23-24(13-21)26(45)16-34(33(47)43-53(48,49)22-9-10-22)15-20(34)7-5-3-4-6-12-44(2)32(23)46/h5,7,14,17-18,20-24H,3-4,6,8-13,15-16H2,1-2H3,(H,43,47)/b7-5-/t20-,21+,23-,24-,34-/m1/s1. The third kappa shape index (κ3) is 8.18. The number of carbonyl (C=O) groups excluding carboxylic acids is 3. The summed E-state index contributed by atoms with van der Waals surface area (Å²) in [7, 11) is -2.13. The molecule has 3 aromatic rings. The van der Waals surface area contributed by atoms with Gasteiger partial charge in [-0.3, -0.25) is 19.1 Å². The van der Waals surface area contributed by atoms with E-state index in [2.05, 4.69) is 24.7 Å². The van der Waals surface area contributed by atoms with E-state index in [0.717, 1.165) is 41.7 Å². The average molecular weight is 793 g/mol. The fourth-order valence-corrected chi connectivity index (χ4v) is 10.2. The zero-order valence-electron chi connectivity index (χ0n) is 29.1. The van der Waals surface area contributed by atoms with Crippen molar-refractivity contribution in [3.63, 3.8) is 0 Å². The highest BCUT2D eigenvalue weighted by Gasteiger charge is 2.61. The van der Waals surface area contributed by atoms with Crippen LogP contribution in [0.15, 0.2) is 29.0 Å². The summed E-state index contributed by atoms with van der Waals surface area (Å²) in [6.07, 6.45) is 2.77. The molecule has 0 saturated heterocycles. The van der Waals surface area contributed by atoms with Gasteiger partial charge in [-0.25, -0.2) is 23.4 Å². The summed E-state index contributed by atoms with van der Waals surface area (Å²) >= 11 is 2.05. The van der Waals surface area contributed by atoms with E-state index in [1.165, 1.54) is 11.3 Å². The number of halogens is 3. The minimum Gasteiger partial charge on any atom is -0.474 e. The summed E-state index contributed by atoms with van der Waals surface area (Å²) in [5, 5.41) is 2.54. The van der Waals surface area contributed by atoms with Crippen molar-refractivity contribution in [2.75, 3.05) is 13.6 Å². The van der Waals surface area contributed by atoms with Crippen molar-refractivity contribution < 1.29 is 40.7 Å². The van der Waals surface area contributed by atoms with Gasteiger partial charge in [0.1, 0.15) is 22.6 Å². The minimum atomic E-state index is -4.65. The molecule has 284 valence electrons. The maximum atomic E-state index is 14.4. The van der Waals surface area contributed by atoms with Gasteiger partial charge in [0.25, 0.3) is 0 Å². The molecule has 5 atom stereocenters. The Morgan fingerprint density at radius 3 is 2.49 bits per heavy atom. The SMILES string of the molecule is Cc1csc(-c2cc(O[C@H]3CC[C@H]4C(=O)N(C)CCCC/C=C\[C@@H]5C[C@@]5(C(=O)NS(=O)(=O)C5CC5)CC(=O)[C@@H]4C3)nc(-c3nc(C(F)(F)F)cs3)n2)n1. The highest BCUT2D eigenvalue weighted by atomic mass is 32.2. The van der Waals surface area contributed by atoms with Crippen LogP contribution in [0, 0.1) is 30.1 Å². The number of allylic oxidation sites excluding steroid dienone is 2. The summed E-state index contributed by atoms with van der Waals surface area (Å²) in [6.45, 7) is 2.32. The van der Waals surface area contributed by atoms with E-state index in [9.17, 15) is 36.0 Å². The van der Waals surface area contributed by atoms with Crippen LogP contribution in [0.25, 0.3) is 21.5 Å². The summed E-state index contributed by atoms with van der Waals surface area (Å²) in [4.78, 5) is 60.7. The zero-order valence-corrected chi connectivity index (χ0v) is 31.5. The van der Waals surface area contributed by atoms with Crippen LogP contribution in [-0.4, -0.2) is 75.8 Å². The average Bonchev–Trinajstić information content (AvgIpc) is 3.97. The number of nitrogens with one attached hydrogen (secondary N) is 1. The van der Waals surface area contributed by atoms with Crippen LogP contribution in [0.1, 0.15) is 75.6 Å². The first-order valence-corrected chi connectivity index (χ1v) is 21.0. The first-order chi connectivity index (χ1) is 25.1. The number of rotatable bonds is 7. The molecule has 0 radical (unpaired) electrons. The lowest BCUT2D eigenvalue weighted by molar-refractivity contribution is -0.144. The van der Waals surface area contributed by atoms with Crippen LogP contribution < -0.4 is 9.46 Å². The van der Waals surface area contributed by atoms with E-state index in [0.29, 0.717) is 49.4 Å². The normalized spacial score (nSPS) is 27.7. The number of aromatic nitrogens is 4. The highest BCUT2D eigenvalue weighted by molar-refractivity contribution is 7.90. The molecule has 3 fully saturated rings. The van der Waals surface area contributed by atoms with Crippen molar-refractivity contribution in [2.45, 2.75) is 88.7 Å². The van der Waals surface area contributed by atoms with Crippen LogP contribution in [0.2, 0.25) is 0 Å². The number of Topliss-reactive ketones (excluding diaryl/α,β-unsaturated/α-hetero) is 1. The summed E-state index contributed by atoms with van der Waals surface area (Å²) in [6, 6.07) is 1.54. The Hall–Kier alpha value is -3.77. The summed E-state index contributed by atoms with van der Waals surface area (Å²) in [5.74, 6) is -3.03. The number of sulfonamides is 1. The van der Waals surface area contributed by atoms with E-state index >= 15 is 0 Å². The molecule has 3 aliphatic carbocycles. The predicted octanol–water partition coefficient (Wildman–Crippen LogP) is 5.99. The molecule has 0 aromatic carbocycles. The lowest BCUT2D eigenvalue weighted by Gasteiger charge is -2.37. The number of thiazole rings is 2. The van der Waals surface area contributed by atoms with E-state index in [1.807, 2.05) is 17.5 Å². The van der Waals surface area contributed by atoms with Gasteiger partial charge in [-0.05, 0) is 70.6 Å². The van der Waals surface area contributed by atoms with Crippen molar-refractivity contribution in [1.82, 2.24) is 29.6 Å². The number of aryl methyl sites for hydroxylation is 1. The Kier molecular flexibility index (Phi) is 10.2. The van der Waals surface area contributed by atoms with Gasteiger partial charge < -0.3 is 9.64 Å². The Balaban J connectivity index is 1.18. The van der Waals surface area contributed by atoms with Gasteiger partial charge in [0.15, 0.2) is 16.5 Å². The maximum absolute atomic E-state index is 14.4. The first-order valence-electron chi connectivity index (χ1n) is 17.6. The molecule has 12 nitrogen and oxygen atoms in total. The zero-order chi connectivity index (χ0) is 37.7. The van der Waals surface area contributed by atoms with Gasteiger partial charge in [0, 0.05) is 54.4 Å². The van der Waals surface area contributed by atoms with Crippen molar-refractivity contribution in [3.8, 4) is 27.4 Å². The predicted molar refractivity (Wildman–Crippen MR) is 190 cm³/mol. The van der Waals surface area contributed by atoms with Crippen LogP contribution in [-0.2, 0) is 30.6 Å². The van der Waals surface area contributed by atoms with E-state index in [4.69, 9.17) is 4.74 Å². The molecule has 0 unspecified atom stereocenters. The van der Waals surface area contributed by atoms with Crippen LogP contribution in [0.4, 0.5) is 13.2 Å². The number of hydrogen-bond donors (Lipinski definition) is 1. The molecule has 1 aliphatic heterocycles. The highest BCUT2D eigenvalue weighted by Crippen LogP contribution is 2.58. The van der Waals surface area contributed by atoms with Gasteiger partial charge >= 0.3 is 6.18 Å². The maximum Gasteiger partial charge on any atom is 0.434 e. The molecule has 4 aliphatic rings. The smallest absolute Gasteiger partial charge is 0.434 e. The Morgan fingerprint density at radius 1 is 1.02 bits per heavy atom. The van der Waals surface area contributed by atoms with E-state index in [-0.39, 0.29) is 47.2 Å². The van der Waals surface area contributed by atoms with Gasteiger partial charge in [0.05, 0.1) is 10.7 Å². The van der Waals surface area contributed by atoms with Crippen molar-refractivity contribution >= 4 is 50.3 Å². The number of ether oxygens (including phenoxy) is 1. The number of fused-ring (bicyclic) bond motifs is 2. The van der Waals surface area contributed by atoms with Crippen molar-refractivity contribution in [1.29, 1.82) is 0 Å². The molecule has 3 saturated carbocycles. The van der Waals surface area contributed by atoms with E-state index < -0.39 is 56.4 Å². The summed E-state index contributed by atoms with van der Waals surface area (Å²) in [5.41, 5.74) is -1.25. The quantitative estimate of drug-likeness (QED) is 0.282. The molecule has 18 heteroatoms. The molecule has 4 heterocycles. The molecular weight excluding hydrogens is 754 g/mol. The second-order valence-electron chi connectivity index (χ2n) is 14.5.